The highest BCUT2D eigenvalue weighted by Gasteiger charge is 2.31. The van der Waals surface area contributed by atoms with Gasteiger partial charge in [0.2, 0.25) is 0 Å². The van der Waals surface area contributed by atoms with E-state index in [0.717, 1.165) is 31.5 Å². The quantitative estimate of drug-likeness (QED) is 0.838. The van der Waals surface area contributed by atoms with Gasteiger partial charge in [-0.2, -0.15) is 0 Å². The Balaban J connectivity index is 1.88. The molecule has 2 rings (SSSR count). The molecule has 5 heteroatoms. The van der Waals surface area contributed by atoms with Crippen molar-refractivity contribution in [1.29, 1.82) is 0 Å². The Bertz CT molecular complexity index is 478. The Morgan fingerprint density at radius 3 is 2.78 bits per heavy atom. The van der Waals surface area contributed by atoms with Crippen molar-refractivity contribution in [2.24, 2.45) is 0 Å². The minimum Gasteiger partial charge on any atom is -0.445 e. The topological polar surface area (TPSA) is 53.0 Å². The van der Waals surface area contributed by atoms with E-state index in [0.29, 0.717) is 19.2 Å². The summed E-state index contributed by atoms with van der Waals surface area (Å²) in [6.07, 6.45) is 1.77. The van der Waals surface area contributed by atoms with Crippen molar-refractivity contribution in [2.75, 3.05) is 26.2 Å². The number of ether oxygens (including phenoxy) is 1. The van der Waals surface area contributed by atoms with E-state index < -0.39 is 0 Å². The van der Waals surface area contributed by atoms with Crippen LogP contribution in [0.5, 0.6) is 0 Å². The van der Waals surface area contributed by atoms with Crippen molar-refractivity contribution in [3.63, 3.8) is 0 Å². The molecule has 1 heterocycles. The lowest BCUT2D eigenvalue weighted by atomic mass is 10.2. The lowest BCUT2D eigenvalue weighted by Gasteiger charge is -2.32. The average molecular weight is 320 g/mol. The molecule has 1 aliphatic rings. The summed E-state index contributed by atoms with van der Waals surface area (Å²) in [5, 5.41) is 9.20. The standard InChI is InChI=1S/C18H28N2O3/c1-15(2)19(11-12-21)13-17-9-6-10-20(17)18(22)23-14-16-7-4-3-5-8-16/h3-5,7-8,15,17,21H,6,9-14H2,1-2H3. The third-order valence-electron chi connectivity index (χ3n) is 4.38. The number of benzene rings is 1. The average Bonchev–Trinajstić information content (AvgIpc) is 3.01. The van der Waals surface area contributed by atoms with Crippen molar-refractivity contribution < 1.29 is 14.6 Å². The molecule has 1 N–H and O–H groups in total. The fourth-order valence-corrected chi connectivity index (χ4v) is 3.03. The van der Waals surface area contributed by atoms with E-state index in [1.807, 2.05) is 35.2 Å². The molecule has 0 saturated carbocycles. The summed E-state index contributed by atoms with van der Waals surface area (Å²) < 4.78 is 5.46. The van der Waals surface area contributed by atoms with Gasteiger partial charge >= 0.3 is 6.09 Å². The number of likely N-dealkylation sites (tertiary alicyclic amines) is 1. The number of aliphatic hydroxyl groups excluding tert-OH is 1. The van der Waals surface area contributed by atoms with Crippen LogP contribution in [0.2, 0.25) is 0 Å². The molecule has 1 aliphatic heterocycles. The Morgan fingerprint density at radius 2 is 2.13 bits per heavy atom. The number of hydrogen-bond acceptors (Lipinski definition) is 4. The largest absolute Gasteiger partial charge is 0.445 e. The van der Waals surface area contributed by atoms with E-state index in [1.54, 1.807) is 0 Å². The highest BCUT2D eigenvalue weighted by Crippen LogP contribution is 2.20. The number of carbonyl (C=O) groups is 1. The van der Waals surface area contributed by atoms with Gasteiger partial charge in [0.1, 0.15) is 6.61 Å². The first-order valence-electron chi connectivity index (χ1n) is 8.44. The van der Waals surface area contributed by atoms with Crippen molar-refractivity contribution in [1.82, 2.24) is 9.80 Å². The second kappa shape index (κ2) is 8.89. The summed E-state index contributed by atoms with van der Waals surface area (Å²) in [6.45, 7) is 6.87. The maximum absolute atomic E-state index is 12.4. The van der Waals surface area contributed by atoms with Gasteiger partial charge in [-0.25, -0.2) is 4.79 Å². The van der Waals surface area contributed by atoms with Gasteiger partial charge in [0.25, 0.3) is 0 Å². The Kier molecular flexibility index (Phi) is 6.86. The molecule has 0 spiro atoms. The Labute approximate surface area is 138 Å². The lowest BCUT2D eigenvalue weighted by Crippen LogP contribution is -2.46. The zero-order valence-electron chi connectivity index (χ0n) is 14.1. The van der Waals surface area contributed by atoms with Crippen molar-refractivity contribution in [2.45, 2.75) is 45.4 Å². The molecule has 1 saturated heterocycles. The fourth-order valence-electron chi connectivity index (χ4n) is 3.03. The predicted octanol–water partition coefficient (Wildman–Crippen LogP) is 2.49. The molecule has 1 aromatic rings. The molecule has 1 amide bonds. The maximum Gasteiger partial charge on any atom is 0.410 e. The van der Waals surface area contributed by atoms with Gasteiger partial charge in [0.15, 0.2) is 0 Å². The van der Waals surface area contributed by atoms with E-state index >= 15 is 0 Å². The monoisotopic (exact) mass is 320 g/mol. The molecular formula is C18H28N2O3. The first-order chi connectivity index (χ1) is 11.1. The SMILES string of the molecule is CC(C)N(CCO)CC1CCCN1C(=O)OCc1ccccc1. The molecule has 128 valence electrons. The first kappa shape index (κ1) is 17.8. The van der Waals surface area contributed by atoms with E-state index in [1.165, 1.54) is 0 Å². The molecule has 0 radical (unpaired) electrons. The molecule has 1 fully saturated rings. The molecule has 1 aromatic carbocycles. The number of nitrogens with zero attached hydrogens (tertiary/aromatic N) is 2. The van der Waals surface area contributed by atoms with Gasteiger partial charge in [-0.3, -0.25) is 4.90 Å². The highest BCUT2D eigenvalue weighted by molar-refractivity contribution is 5.68. The van der Waals surface area contributed by atoms with Crippen molar-refractivity contribution in [3.8, 4) is 0 Å². The fraction of sp³-hybridized carbons (Fsp3) is 0.611. The van der Waals surface area contributed by atoms with Crippen LogP contribution in [0.15, 0.2) is 30.3 Å². The molecule has 1 unspecified atom stereocenters. The molecule has 0 bridgehead atoms. The van der Waals surface area contributed by atoms with Crippen LogP contribution in [0.4, 0.5) is 4.79 Å². The van der Waals surface area contributed by atoms with Gasteiger partial charge in [0.05, 0.1) is 6.61 Å². The zero-order chi connectivity index (χ0) is 16.7. The maximum atomic E-state index is 12.4. The van der Waals surface area contributed by atoms with Crippen LogP contribution in [0.25, 0.3) is 0 Å². The Hall–Kier alpha value is -1.59. The van der Waals surface area contributed by atoms with Crippen LogP contribution in [0.3, 0.4) is 0 Å². The van der Waals surface area contributed by atoms with Gasteiger partial charge in [0, 0.05) is 31.7 Å². The minimum atomic E-state index is -0.232. The summed E-state index contributed by atoms with van der Waals surface area (Å²) in [5.41, 5.74) is 1.00. The highest BCUT2D eigenvalue weighted by atomic mass is 16.6. The predicted molar refractivity (Wildman–Crippen MR) is 90.1 cm³/mol. The normalized spacial score (nSPS) is 18.0. The smallest absolute Gasteiger partial charge is 0.410 e. The van der Waals surface area contributed by atoms with Crippen molar-refractivity contribution >= 4 is 6.09 Å². The third kappa shape index (κ3) is 5.22. The summed E-state index contributed by atoms with van der Waals surface area (Å²) in [7, 11) is 0. The molecule has 0 aromatic heterocycles. The zero-order valence-corrected chi connectivity index (χ0v) is 14.1. The van der Waals surface area contributed by atoms with Gasteiger partial charge in [-0.15, -0.1) is 0 Å². The second-order valence-electron chi connectivity index (χ2n) is 6.34. The van der Waals surface area contributed by atoms with Crippen LogP contribution in [0, 0.1) is 0 Å². The summed E-state index contributed by atoms with van der Waals surface area (Å²) in [4.78, 5) is 16.4. The number of rotatable bonds is 7. The number of amides is 1. The Morgan fingerprint density at radius 1 is 1.39 bits per heavy atom. The van der Waals surface area contributed by atoms with Crippen molar-refractivity contribution in [3.05, 3.63) is 35.9 Å². The first-order valence-corrected chi connectivity index (χ1v) is 8.44. The van der Waals surface area contributed by atoms with Gasteiger partial charge in [-0.1, -0.05) is 30.3 Å². The van der Waals surface area contributed by atoms with E-state index in [4.69, 9.17) is 4.74 Å². The second-order valence-corrected chi connectivity index (χ2v) is 6.34. The van der Waals surface area contributed by atoms with Crippen LogP contribution < -0.4 is 0 Å². The summed E-state index contributed by atoms with van der Waals surface area (Å²) in [5.74, 6) is 0. The minimum absolute atomic E-state index is 0.142. The van der Waals surface area contributed by atoms with Gasteiger partial charge < -0.3 is 14.7 Å². The molecule has 0 aliphatic carbocycles. The third-order valence-corrected chi connectivity index (χ3v) is 4.38. The van der Waals surface area contributed by atoms with E-state index in [9.17, 15) is 9.90 Å². The molecule has 1 atom stereocenters. The number of hydrogen-bond donors (Lipinski definition) is 1. The van der Waals surface area contributed by atoms with E-state index in [2.05, 4.69) is 18.7 Å². The number of aliphatic hydroxyl groups is 1. The van der Waals surface area contributed by atoms with Crippen LogP contribution in [0.1, 0.15) is 32.3 Å². The van der Waals surface area contributed by atoms with Crippen LogP contribution in [-0.4, -0.2) is 59.3 Å². The molecule has 5 nitrogen and oxygen atoms in total. The lowest BCUT2D eigenvalue weighted by molar-refractivity contribution is 0.0767. The summed E-state index contributed by atoms with van der Waals surface area (Å²) >= 11 is 0. The van der Waals surface area contributed by atoms with Gasteiger partial charge in [-0.05, 0) is 32.3 Å². The van der Waals surface area contributed by atoms with Crippen LogP contribution in [-0.2, 0) is 11.3 Å². The molecule has 23 heavy (non-hydrogen) atoms. The number of carbonyl (C=O) groups excluding carboxylic acids is 1. The van der Waals surface area contributed by atoms with Crippen LogP contribution >= 0.6 is 0 Å². The summed E-state index contributed by atoms with van der Waals surface area (Å²) in [6, 6.07) is 10.3. The molecular weight excluding hydrogens is 292 g/mol. The van der Waals surface area contributed by atoms with E-state index in [-0.39, 0.29) is 18.7 Å².